The summed E-state index contributed by atoms with van der Waals surface area (Å²) in [5.74, 6) is -0.276. The minimum atomic E-state index is -0.276. The van der Waals surface area contributed by atoms with Crippen LogP contribution in [-0.4, -0.2) is 12.6 Å². The molecule has 0 N–H and O–H groups in total. The van der Waals surface area contributed by atoms with Crippen LogP contribution in [0.5, 0.6) is 0 Å². The van der Waals surface area contributed by atoms with Crippen LogP contribution >= 0.6 is 0 Å². The van der Waals surface area contributed by atoms with E-state index in [-0.39, 0.29) is 5.97 Å². The van der Waals surface area contributed by atoms with Crippen molar-refractivity contribution in [3.63, 3.8) is 0 Å². The van der Waals surface area contributed by atoms with Gasteiger partial charge in [0.15, 0.2) is 0 Å². The van der Waals surface area contributed by atoms with E-state index in [4.69, 9.17) is 4.74 Å². The zero-order chi connectivity index (χ0) is 13.6. The molecule has 0 aromatic rings. The Kier molecular flexibility index (Phi) is 11.7. The Morgan fingerprint density at radius 2 is 1.67 bits per heavy atom. The molecule has 0 atom stereocenters. The molecule has 0 aliphatic rings. The minimum absolute atomic E-state index is 0.276. The predicted molar refractivity (Wildman–Crippen MR) is 77.5 cm³/mol. The van der Waals surface area contributed by atoms with Crippen LogP contribution in [0.2, 0.25) is 0 Å². The molecule has 0 aliphatic carbocycles. The summed E-state index contributed by atoms with van der Waals surface area (Å²) in [5.41, 5.74) is 0.474. The topological polar surface area (TPSA) is 26.3 Å². The Bertz CT molecular complexity index is 254. The predicted octanol–water partition coefficient (Wildman–Crippen LogP) is 4.80. The molecule has 0 saturated carbocycles. The van der Waals surface area contributed by atoms with Gasteiger partial charge in [0, 0.05) is 5.57 Å². The summed E-state index contributed by atoms with van der Waals surface area (Å²) in [6.07, 6.45) is 14.1. The lowest BCUT2D eigenvalue weighted by Crippen LogP contribution is -2.05. The Labute approximate surface area is 112 Å². The standard InChI is InChI=1S/C16H28O2/c1-4-5-6-7-8-9-10-11-12-13-14-18-16(17)15(2)3/h9-10H,2,4-8,11-14H2,1,3H3/b10-9+. The normalized spacial score (nSPS) is 10.8. The van der Waals surface area contributed by atoms with Crippen LogP contribution in [0, 0.1) is 0 Å². The maximum absolute atomic E-state index is 11.1. The van der Waals surface area contributed by atoms with Gasteiger partial charge in [-0.05, 0) is 39.0 Å². The SMILES string of the molecule is C=C(C)C(=O)OCCCC/C=C/CCCCCC. The summed E-state index contributed by atoms with van der Waals surface area (Å²) in [4.78, 5) is 11.1. The number of hydrogen-bond donors (Lipinski definition) is 0. The lowest BCUT2D eigenvalue weighted by atomic mass is 10.1. The number of carbonyl (C=O) groups excluding carboxylic acids is 1. The van der Waals surface area contributed by atoms with Gasteiger partial charge in [-0.3, -0.25) is 0 Å². The highest BCUT2D eigenvalue weighted by molar-refractivity contribution is 5.86. The molecule has 0 aliphatic heterocycles. The number of allylic oxidation sites excluding steroid dienone is 2. The molecule has 2 heteroatoms. The van der Waals surface area contributed by atoms with Gasteiger partial charge >= 0.3 is 5.97 Å². The molecule has 0 saturated heterocycles. The summed E-state index contributed by atoms with van der Waals surface area (Å²) in [5, 5.41) is 0. The van der Waals surface area contributed by atoms with Gasteiger partial charge in [-0.1, -0.05) is 44.9 Å². The molecule has 0 unspecified atom stereocenters. The molecule has 18 heavy (non-hydrogen) atoms. The van der Waals surface area contributed by atoms with Gasteiger partial charge in [-0.25, -0.2) is 4.79 Å². The highest BCUT2D eigenvalue weighted by Crippen LogP contribution is 2.04. The highest BCUT2D eigenvalue weighted by Gasteiger charge is 2.01. The fourth-order valence-electron chi connectivity index (χ4n) is 1.58. The monoisotopic (exact) mass is 252 g/mol. The summed E-state index contributed by atoms with van der Waals surface area (Å²) < 4.78 is 5.01. The van der Waals surface area contributed by atoms with E-state index in [0.29, 0.717) is 12.2 Å². The molecule has 2 nitrogen and oxygen atoms in total. The van der Waals surface area contributed by atoms with Crippen LogP contribution in [0.1, 0.15) is 65.2 Å². The molecule has 0 radical (unpaired) electrons. The van der Waals surface area contributed by atoms with Gasteiger partial charge < -0.3 is 4.74 Å². The van der Waals surface area contributed by atoms with Gasteiger partial charge in [-0.15, -0.1) is 0 Å². The molecule has 0 amide bonds. The molecule has 0 fully saturated rings. The quantitative estimate of drug-likeness (QED) is 0.228. The van der Waals surface area contributed by atoms with E-state index in [2.05, 4.69) is 25.7 Å². The molecule has 0 heterocycles. The van der Waals surface area contributed by atoms with E-state index in [1.807, 2.05) is 0 Å². The van der Waals surface area contributed by atoms with Gasteiger partial charge in [0.05, 0.1) is 6.61 Å². The van der Waals surface area contributed by atoms with Crippen LogP contribution in [0.3, 0.4) is 0 Å². The van der Waals surface area contributed by atoms with E-state index < -0.39 is 0 Å². The zero-order valence-electron chi connectivity index (χ0n) is 12.0. The number of rotatable bonds is 11. The third kappa shape index (κ3) is 11.4. The molecule has 0 aromatic heterocycles. The van der Waals surface area contributed by atoms with Crippen LogP contribution in [0.15, 0.2) is 24.3 Å². The minimum Gasteiger partial charge on any atom is -0.462 e. The summed E-state index contributed by atoms with van der Waals surface area (Å²) >= 11 is 0. The average molecular weight is 252 g/mol. The lowest BCUT2D eigenvalue weighted by molar-refractivity contribution is -0.139. The second-order valence-corrected chi connectivity index (χ2v) is 4.73. The van der Waals surface area contributed by atoms with E-state index in [0.717, 1.165) is 19.3 Å². The Balaban J connectivity index is 3.22. The van der Waals surface area contributed by atoms with Crippen molar-refractivity contribution in [3.05, 3.63) is 24.3 Å². The third-order valence-corrected chi connectivity index (χ3v) is 2.74. The van der Waals surface area contributed by atoms with E-state index >= 15 is 0 Å². The first-order valence-corrected chi connectivity index (χ1v) is 7.16. The number of esters is 1. The molecule has 104 valence electrons. The van der Waals surface area contributed by atoms with Crippen molar-refractivity contribution < 1.29 is 9.53 Å². The molecule has 0 aromatic carbocycles. The van der Waals surface area contributed by atoms with Crippen LogP contribution in [0.4, 0.5) is 0 Å². The fourth-order valence-corrected chi connectivity index (χ4v) is 1.58. The van der Waals surface area contributed by atoms with Crippen molar-refractivity contribution in [1.29, 1.82) is 0 Å². The van der Waals surface area contributed by atoms with Crippen molar-refractivity contribution in [2.45, 2.75) is 65.2 Å². The van der Waals surface area contributed by atoms with Crippen LogP contribution in [-0.2, 0) is 9.53 Å². The zero-order valence-corrected chi connectivity index (χ0v) is 12.0. The smallest absolute Gasteiger partial charge is 0.333 e. The first kappa shape index (κ1) is 16.9. The largest absolute Gasteiger partial charge is 0.462 e. The molecule has 0 rings (SSSR count). The maximum Gasteiger partial charge on any atom is 0.333 e. The molecular weight excluding hydrogens is 224 g/mol. The van der Waals surface area contributed by atoms with Crippen molar-refractivity contribution in [3.8, 4) is 0 Å². The third-order valence-electron chi connectivity index (χ3n) is 2.74. The van der Waals surface area contributed by atoms with E-state index in [1.165, 1.54) is 32.1 Å². The van der Waals surface area contributed by atoms with Crippen LogP contribution < -0.4 is 0 Å². The first-order chi connectivity index (χ1) is 8.68. The molecule has 0 spiro atoms. The van der Waals surface area contributed by atoms with Crippen molar-refractivity contribution >= 4 is 5.97 Å². The van der Waals surface area contributed by atoms with Crippen molar-refractivity contribution in [2.24, 2.45) is 0 Å². The fraction of sp³-hybridized carbons (Fsp3) is 0.688. The molecule has 0 bridgehead atoms. The van der Waals surface area contributed by atoms with Gasteiger partial charge in [0.1, 0.15) is 0 Å². The maximum atomic E-state index is 11.1. The highest BCUT2D eigenvalue weighted by atomic mass is 16.5. The number of hydrogen-bond acceptors (Lipinski definition) is 2. The average Bonchev–Trinajstić information content (AvgIpc) is 2.35. The van der Waals surface area contributed by atoms with Gasteiger partial charge in [0.2, 0.25) is 0 Å². The Hall–Kier alpha value is -1.05. The van der Waals surface area contributed by atoms with Crippen molar-refractivity contribution in [1.82, 2.24) is 0 Å². The van der Waals surface area contributed by atoms with Crippen LogP contribution in [0.25, 0.3) is 0 Å². The number of ether oxygens (including phenoxy) is 1. The summed E-state index contributed by atoms with van der Waals surface area (Å²) in [6.45, 7) is 7.95. The lowest BCUT2D eigenvalue weighted by Gasteiger charge is -2.02. The van der Waals surface area contributed by atoms with Gasteiger partial charge in [-0.2, -0.15) is 0 Å². The second-order valence-electron chi connectivity index (χ2n) is 4.73. The molecular formula is C16H28O2. The van der Waals surface area contributed by atoms with E-state index in [1.54, 1.807) is 6.92 Å². The van der Waals surface area contributed by atoms with Crippen molar-refractivity contribution in [2.75, 3.05) is 6.61 Å². The number of carbonyl (C=O) groups is 1. The Morgan fingerprint density at radius 1 is 1.06 bits per heavy atom. The first-order valence-electron chi connectivity index (χ1n) is 7.16. The van der Waals surface area contributed by atoms with E-state index in [9.17, 15) is 4.79 Å². The Morgan fingerprint density at radius 3 is 2.22 bits per heavy atom. The summed E-state index contributed by atoms with van der Waals surface area (Å²) in [6, 6.07) is 0. The van der Waals surface area contributed by atoms with Gasteiger partial charge in [0.25, 0.3) is 0 Å². The summed E-state index contributed by atoms with van der Waals surface area (Å²) in [7, 11) is 0. The second kappa shape index (κ2) is 12.4. The number of unbranched alkanes of at least 4 members (excludes halogenated alkanes) is 6.